The molecule has 0 atom stereocenters. The van der Waals surface area contributed by atoms with Gasteiger partial charge >= 0.3 is 5.97 Å². The smallest absolute Gasteiger partial charge is 0.326 e. The quantitative estimate of drug-likeness (QED) is 0.573. The number of nitrogens with zero attached hydrogens (tertiary/aromatic N) is 3. The summed E-state index contributed by atoms with van der Waals surface area (Å²) < 4.78 is 8.63. The second-order valence-electron chi connectivity index (χ2n) is 4.77. The first-order valence-corrected chi connectivity index (χ1v) is 8.61. The van der Waals surface area contributed by atoms with Crippen LogP contribution < -0.4 is 0 Å². The second kappa shape index (κ2) is 6.80. The lowest BCUT2D eigenvalue weighted by Gasteiger charge is -2.09. The summed E-state index contributed by atoms with van der Waals surface area (Å²) in [4.78, 5) is 21.0. The minimum Gasteiger partial charge on any atom is -0.465 e. The SMILES string of the molecule is CCOC(=O)Cn1c(-c2ccccn2)nc2c(Br)ccc(Br)c21. The van der Waals surface area contributed by atoms with Crippen molar-refractivity contribution in [3.63, 3.8) is 0 Å². The van der Waals surface area contributed by atoms with Crippen molar-refractivity contribution in [1.82, 2.24) is 14.5 Å². The van der Waals surface area contributed by atoms with E-state index in [1.807, 2.05) is 34.9 Å². The predicted octanol–water partition coefficient (Wildman–Crippen LogP) is 4.19. The van der Waals surface area contributed by atoms with E-state index >= 15 is 0 Å². The van der Waals surface area contributed by atoms with Crippen molar-refractivity contribution in [3.8, 4) is 11.5 Å². The molecular formula is C16H13Br2N3O2. The Morgan fingerprint density at radius 3 is 2.70 bits per heavy atom. The minimum absolute atomic E-state index is 0.0747. The summed E-state index contributed by atoms with van der Waals surface area (Å²) in [5.41, 5.74) is 2.30. The van der Waals surface area contributed by atoms with E-state index in [9.17, 15) is 4.79 Å². The van der Waals surface area contributed by atoms with Gasteiger partial charge in [-0.1, -0.05) is 6.07 Å². The summed E-state index contributed by atoms with van der Waals surface area (Å²) in [6.07, 6.45) is 1.70. The maximum Gasteiger partial charge on any atom is 0.326 e. The van der Waals surface area contributed by atoms with E-state index in [-0.39, 0.29) is 12.5 Å². The molecule has 3 aromatic rings. The van der Waals surface area contributed by atoms with Crippen molar-refractivity contribution < 1.29 is 9.53 Å². The zero-order valence-corrected chi connectivity index (χ0v) is 15.5. The van der Waals surface area contributed by atoms with Crippen molar-refractivity contribution in [2.45, 2.75) is 13.5 Å². The molecule has 0 amide bonds. The third-order valence-electron chi connectivity index (χ3n) is 3.28. The Hall–Kier alpha value is -1.73. The van der Waals surface area contributed by atoms with E-state index in [0.29, 0.717) is 18.1 Å². The fourth-order valence-electron chi connectivity index (χ4n) is 2.35. The number of benzene rings is 1. The highest BCUT2D eigenvalue weighted by Gasteiger charge is 2.20. The normalized spacial score (nSPS) is 10.9. The van der Waals surface area contributed by atoms with Crippen LogP contribution in [0.3, 0.4) is 0 Å². The number of carbonyl (C=O) groups excluding carboxylic acids is 1. The fourth-order valence-corrected chi connectivity index (χ4v) is 3.29. The van der Waals surface area contributed by atoms with E-state index in [1.165, 1.54) is 0 Å². The minimum atomic E-state index is -0.309. The van der Waals surface area contributed by atoms with Crippen molar-refractivity contribution in [1.29, 1.82) is 0 Å². The van der Waals surface area contributed by atoms with E-state index in [2.05, 4.69) is 41.8 Å². The summed E-state index contributed by atoms with van der Waals surface area (Å²) in [7, 11) is 0. The molecule has 0 bridgehead atoms. The van der Waals surface area contributed by atoms with Crippen LogP contribution >= 0.6 is 31.9 Å². The van der Waals surface area contributed by atoms with Gasteiger partial charge in [0.25, 0.3) is 0 Å². The molecule has 3 rings (SSSR count). The molecule has 0 aliphatic carbocycles. The van der Waals surface area contributed by atoms with Gasteiger partial charge in [0.1, 0.15) is 17.8 Å². The standard InChI is InChI=1S/C16H13Br2N3O2/c1-2-23-13(22)9-21-15-11(18)7-6-10(17)14(15)20-16(21)12-5-3-4-8-19-12/h3-8H,2,9H2,1H3. The highest BCUT2D eigenvalue weighted by atomic mass is 79.9. The van der Waals surface area contributed by atoms with Gasteiger partial charge in [-0.25, -0.2) is 4.98 Å². The Balaban J connectivity index is 2.24. The van der Waals surface area contributed by atoms with Gasteiger partial charge in [-0.05, 0) is 63.0 Å². The number of aromatic nitrogens is 3. The second-order valence-corrected chi connectivity index (χ2v) is 6.48. The number of rotatable bonds is 4. The molecule has 0 saturated heterocycles. The Bertz CT molecular complexity index is 863. The van der Waals surface area contributed by atoms with Crippen molar-refractivity contribution in [2.24, 2.45) is 0 Å². The van der Waals surface area contributed by atoms with Crippen LogP contribution in [0.4, 0.5) is 0 Å². The molecule has 0 N–H and O–H groups in total. The largest absolute Gasteiger partial charge is 0.465 e. The molecule has 5 nitrogen and oxygen atoms in total. The first-order valence-electron chi connectivity index (χ1n) is 7.03. The lowest BCUT2D eigenvalue weighted by molar-refractivity contribution is -0.143. The number of hydrogen-bond acceptors (Lipinski definition) is 4. The average molecular weight is 439 g/mol. The monoisotopic (exact) mass is 437 g/mol. The van der Waals surface area contributed by atoms with Crippen LogP contribution in [0.1, 0.15) is 6.92 Å². The molecule has 118 valence electrons. The van der Waals surface area contributed by atoms with Crippen LogP contribution in [-0.2, 0) is 16.1 Å². The highest BCUT2D eigenvalue weighted by Crippen LogP contribution is 2.33. The van der Waals surface area contributed by atoms with Gasteiger partial charge in [-0.2, -0.15) is 0 Å². The zero-order chi connectivity index (χ0) is 16.4. The van der Waals surface area contributed by atoms with E-state index in [4.69, 9.17) is 4.74 Å². The maximum atomic E-state index is 12.0. The fraction of sp³-hybridized carbons (Fsp3) is 0.188. The van der Waals surface area contributed by atoms with Gasteiger partial charge in [-0.3, -0.25) is 9.78 Å². The van der Waals surface area contributed by atoms with Crippen LogP contribution in [0.15, 0.2) is 45.5 Å². The molecule has 0 radical (unpaired) electrons. The topological polar surface area (TPSA) is 57.0 Å². The number of hydrogen-bond donors (Lipinski definition) is 0. The van der Waals surface area contributed by atoms with E-state index < -0.39 is 0 Å². The molecule has 0 unspecified atom stereocenters. The number of halogens is 2. The Morgan fingerprint density at radius 2 is 2.00 bits per heavy atom. The summed E-state index contributed by atoms with van der Waals surface area (Å²) in [6.45, 7) is 2.20. The van der Waals surface area contributed by atoms with Crippen LogP contribution in [0, 0.1) is 0 Å². The number of fused-ring (bicyclic) bond motifs is 1. The number of pyridine rings is 1. The van der Waals surface area contributed by atoms with Gasteiger partial charge in [0, 0.05) is 15.1 Å². The Morgan fingerprint density at radius 1 is 1.22 bits per heavy atom. The number of imidazole rings is 1. The summed E-state index contributed by atoms with van der Waals surface area (Å²) >= 11 is 7.06. The van der Waals surface area contributed by atoms with Crippen LogP contribution in [0.25, 0.3) is 22.6 Å². The number of esters is 1. The lowest BCUT2D eigenvalue weighted by atomic mass is 10.3. The van der Waals surface area contributed by atoms with Gasteiger partial charge in [-0.15, -0.1) is 0 Å². The molecule has 0 saturated carbocycles. The number of ether oxygens (including phenoxy) is 1. The van der Waals surface area contributed by atoms with Gasteiger partial charge in [0.05, 0.1) is 12.1 Å². The molecular weight excluding hydrogens is 426 g/mol. The third-order valence-corrected chi connectivity index (χ3v) is 4.56. The molecule has 7 heteroatoms. The third kappa shape index (κ3) is 3.16. The van der Waals surface area contributed by atoms with E-state index in [1.54, 1.807) is 13.1 Å². The Labute approximate surface area is 149 Å². The Kier molecular flexibility index (Phi) is 4.77. The summed E-state index contributed by atoms with van der Waals surface area (Å²) in [5, 5.41) is 0. The molecule has 0 fully saturated rings. The van der Waals surface area contributed by atoms with Gasteiger partial charge in [0.15, 0.2) is 5.82 Å². The van der Waals surface area contributed by atoms with Crippen LogP contribution in [0.2, 0.25) is 0 Å². The van der Waals surface area contributed by atoms with Crippen LogP contribution in [-0.4, -0.2) is 27.1 Å². The van der Waals surface area contributed by atoms with Crippen molar-refractivity contribution in [3.05, 3.63) is 45.5 Å². The molecule has 2 heterocycles. The van der Waals surface area contributed by atoms with Gasteiger partial charge < -0.3 is 9.30 Å². The molecule has 2 aromatic heterocycles. The first kappa shape index (κ1) is 16.1. The summed E-state index contributed by atoms with van der Waals surface area (Å²) in [6, 6.07) is 9.42. The van der Waals surface area contributed by atoms with E-state index in [0.717, 1.165) is 20.0 Å². The molecule has 0 aliphatic heterocycles. The molecule has 0 aliphatic rings. The first-order chi connectivity index (χ1) is 11.1. The molecule has 23 heavy (non-hydrogen) atoms. The van der Waals surface area contributed by atoms with Gasteiger partial charge in [0.2, 0.25) is 0 Å². The lowest BCUT2D eigenvalue weighted by Crippen LogP contribution is -2.14. The number of carbonyl (C=O) groups is 1. The maximum absolute atomic E-state index is 12.0. The highest BCUT2D eigenvalue weighted by molar-refractivity contribution is 9.11. The molecule has 1 aromatic carbocycles. The average Bonchev–Trinajstić information content (AvgIpc) is 2.93. The van der Waals surface area contributed by atoms with Crippen LogP contribution in [0.5, 0.6) is 0 Å². The summed E-state index contributed by atoms with van der Waals surface area (Å²) in [5.74, 6) is 0.317. The zero-order valence-electron chi connectivity index (χ0n) is 12.3. The van der Waals surface area contributed by atoms with Crippen molar-refractivity contribution >= 4 is 48.9 Å². The molecule has 0 spiro atoms. The van der Waals surface area contributed by atoms with Crippen molar-refractivity contribution in [2.75, 3.05) is 6.61 Å². The predicted molar refractivity (Wildman–Crippen MR) is 95.0 cm³/mol.